The van der Waals surface area contributed by atoms with Crippen molar-refractivity contribution < 1.29 is 9.00 Å². The van der Waals surface area contributed by atoms with E-state index in [2.05, 4.69) is 0 Å². The van der Waals surface area contributed by atoms with E-state index in [1.54, 1.807) is 0 Å². The molecular weight excluding hydrogens is 148 g/mol. The first kappa shape index (κ1) is 7.92. The van der Waals surface area contributed by atoms with Crippen LogP contribution in [0.25, 0.3) is 0 Å². The van der Waals surface area contributed by atoms with Crippen molar-refractivity contribution in [3.63, 3.8) is 0 Å². The minimum atomic E-state index is -0.744. The normalized spacial score (nSPS) is 28.9. The van der Waals surface area contributed by atoms with E-state index < -0.39 is 10.8 Å². The molecule has 0 aromatic carbocycles. The van der Waals surface area contributed by atoms with Gasteiger partial charge in [-0.1, -0.05) is 6.92 Å². The molecule has 1 rings (SSSR count). The van der Waals surface area contributed by atoms with Gasteiger partial charge in [0.15, 0.2) is 0 Å². The van der Waals surface area contributed by atoms with E-state index >= 15 is 0 Å². The molecule has 2 atom stereocenters. The number of hydrogen-bond donors (Lipinski definition) is 0. The van der Waals surface area contributed by atoms with E-state index in [4.69, 9.17) is 0 Å². The number of carbonyl (C=O) groups is 1. The molecule has 0 radical (unpaired) electrons. The summed E-state index contributed by atoms with van der Waals surface area (Å²) in [5, 5.41) is 0.178. The van der Waals surface area contributed by atoms with Crippen LogP contribution in [0.4, 0.5) is 0 Å². The third-order valence-electron chi connectivity index (χ3n) is 1.86. The number of carbonyl (C=O) groups excluding carboxylic acids is 1. The SMILES string of the molecule is CCS(=O)C1CCC(=O)C1. The molecule has 0 amide bonds. The maximum Gasteiger partial charge on any atom is 0.134 e. The van der Waals surface area contributed by atoms with Crippen LogP contribution >= 0.6 is 0 Å². The summed E-state index contributed by atoms with van der Waals surface area (Å²) in [7, 11) is -0.744. The third kappa shape index (κ3) is 1.66. The summed E-state index contributed by atoms with van der Waals surface area (Å²) in [6, 6.07) is 0. The zero-order valence-corrected chi connectivity index (χ0v) is 6.95. The maximum atomic E-state index is 11.1. The van der Waals surface area contributed by atoms with Crippen molar-refractivity contribution in [2.45, 2.75) is 31.4 Å². The van der Waals surface area contributed by atoms with Gasteiger partial charge >= 0.3 is 0 Å². The maximum absolute atomic E-state index is 11.1. The fourth-order valence-electron chi connectivity index (χ4n) is 1.24. The minimum absolute atomic E-state index is 0.178. The zero-order valence-electron chi connectivity index (χ0n) is 6.13. The van der Waals surface area contributed by atoms with Crippen molar-refractivity contribution in [2.24, 2.45) is 0 Å². The lowest BCUT2D eigenvalue weighted by Gasteiger charge is -2.03. The summed E-state index contributed by atoms with van der Waals surface area (Å²) in [4.78, 5) is 10.7. The lowest BCUT2D eigenvalue weighted by molar-refractivity contribution is -0.117. The van der Waals surface area contributed by atoms with Gasteiger partial charge in [-0.25, -0.2) is 0 Å². The van der Waals surface area contributed by atoms with Crippen molar-refractivity contribution in [1.82, 2.24) is 0 Å². The first-order valence-corrected chi connectivity index (χ1v) is 5.01. The van der Waals surface area contributed by atoms with Gasteiger partial charge in [-0.15, -0.1) is 0 Å². The quantitative estimate of drug-likeness (QED) is 0.601. The Labute approximate surface area is 63.5 Å². The van der Waals surface area contributed by atoms with Crippen molar-refractivity contribution >= 4 is 16.6 Å². The van der Waals surface area contributed by atoms with Gasteiger partial charge in [-0.05, 0) is 6.42 Å². The van der Waals surface area contributed by atoms with Crippen LogP contribution in [0.15, 0.2) is 0 Å². The van der Waals surface area contributed by atoms with Crippen LogP contribution in [0.1, 0.15) is 26.2 Å². The first-order valence-electron chi connectivity index (χ1n) is 3.63. The highest BCUT2D eigenvalue weighted by Gasteiger charge is 2.25. The van der Waals surface area contributed by atoms with Crippen LogP contribution in [0.5, 0.6) is 0 Å². The average Bonchev–Trinajstić information content (AvgIpc) is 2.34. The van der Waals surface area contributed by atoms with Gasteiger partial charge in [0.05, 0.1) is 0 Å². The Morgan fingerprint density at radius 2 is 2.40 bits per heavy atom. The summed E-state index contributed by atoms with van der Waals surface area (Å²) in [5.41, 5.74) is 0. The van der Waals surface area contributed by atoms with Crippen molar-refractivity contribution in [3.8, 4) is 0 Å². The molecular formula is C7H12O2S. The van der Waals surface area contributed by atoms with Crippen LogP contribution in [-0.2, 0) is 15.6 Å². The van der Waals surface area contributed by atoms with E-state index in [-0.39, 0.29) is 11.0 Å². The number of hydrogen-bond acceptors (Lipinski definition) is 2. The van der Waals surface area contributed by atoms with E-state index in [0.717, 1.165) is 6.42 Å². The Morgan fingerprint density at radius 1 is 1.70 bits per heavy atom. The molecule has 0 aromatic heterocycles. The molecule has 3 heteroatoms. The lowest BCUT2D eigenvalue weighted by Crippen LogP contribution is -2.12. The molecule has 2 nitrogen and oxygen atoms in total. The second kappa shape index (κ2) is 3.28. The van der Waals surface area contributed by atoms with E-state index in [0.29, 0.717) is 18.6 Å². The number of Topliss-reactive ketones (excluding diaryl/α,β-unsaturated/α-hetero) is 1. The number of rotatable bonds is 2. The van der Waals surface area contributed by atoms with Crippen LogP contribution in [0.3, 0.4) is 0 Å². The van der Waals surface area contributed by atoms with Crippen molar-refractivity contribution in [2.75, 3.05) is 5.75 Å². The predicted molar refractivity (Wildman–Crippen MR) is 41.3 cm³/mol. The van der Waals surface area contributed by atoms with Crippen LogP contribution < -0.4 is 0 Å². The van der Waals surface area contributed by atoms with E-state index in [1.165, 1.54) is 0 Å². The smallest absolute Gasteiger partial charge is 0.134 e. The molecule has 0 saturated heterocycles. The summed E-state index contributed by atoms with van der Waals surface area (Å²) in [6.07, 6.45) is 2.05. The minimum Gasteiger partial charge on any atom is -0.300 e. The van der Waals surface area contributed by atoms with Crippen molar-refractivity contribution in [1.29, 1.82) is 0 Å². The monoisotopic (exact) mass is 160 g/mol. The summed E-state index contributed by atoms with van der Waals surface area (Å²) in [6.45, 7) is 1.90. The molecule has 0 heterocycles. The van der Waals surface area contributed by atoms with Gasteiger partial charge in [0.2, 0.25) is 0 Å². The Balaban J connectivity index is 2.44. The van der Waals surface area contributed by atoms with Crippen molar-refractivity contribution in [3.05, 3.63) is 0 Å². The molecule has 10 heavy (non-hydrogen) atoms. The zero-order chi connectivity index (χ0) is 7.56. The van der Waals surface area contributed by atoms with Crippen LogP contribution in [0, 0.1) is 0 Å². The highest BCUT2D eigenvalue weighted by Crippen LogP contribution is 2.19. The Hall–Kier alpha value is -0.180. The second-order valence-corrected chi connectivity index (χ2v) is 4.58. The Bertz CT molecular complexity index is 165. The summed E-state index contributed by atoms with van der Waals surface area (Å²) < 4.78 is 11.1. The molecule has 58 valence electrons. The Morgan fingerprint density at radius 3 is 2.80 bits per heavy atom. The lowest BCUT2D eigenvalue weighted by atomic mass is 10.4. The summed E-state index contributed by atoms with van der Waals surface area (Å²) >= 11 is 0. The molecule has 1 aliphatic carbocycles. The second-order valence-electron chi connectivity index (χ2n) is 2.57. The highest BCUT2D eigenvalue weighted by molar-refractivity contribution is 7.85. The molecule has 2 unspecified atom stereocenters. The molecule has 0 N–H and O–H groups in total. The topological polar surface area (TPSA) is 34.1 Å². The molecule has 1 saturated carbocycles. The van der Waals surface area contributed by atoms with Gasteiger partial charge in [-0.3, -0.25) is 9.00 Å². The van der Waals surface area contributed by atoms with Gasteiger partial charge in [0, 0.05) is 34.6 Å². The van der Waals surface area contributed by atoms with Gasteiger partial charge < -0.3 is 0 Å². The molecule has 0 spiro atoms. The van der Waals surface area contributed by atoms with E-state index in [9.17, 15) is 9.00 Å². The predicted octanol–water partition coefficient (Wildman–Crippen LogP) is 0.877. The van der Waals surface area contributed by atoms with Gasteiger partial charge in [-0.2, -0.15) is 0 Å². The molecule has 1 fully saturated rings. The van der Waals surface area contributed by atoms with E-state index in [1.807, 2.05) is 6.92 Å². The largest absolute Gasteiger partial charge is 0.300 e. The molecule has 1 aliphatic rings. The molecule has 0 aliphatic heterocycles. The first-order chi connectivity index (χ1) is 4.74. The Kier molecular flexibility index (Phi) is 2.60. The average molecular weight is 160 g/mol. The van der Waals surface area contributed by atoms with Gasteiger partial charge in [0.25, 0.3) is 0 Å². The standard InChI is InChI=1S/C7H12O2S/c1-2-10(9)7-4-3-6(8)5-7/h7H,2-5H2,1H3. The summed E-state index contributed by atoms with van der Waals surface area (Å²) in [5.74, 6) is 0.976. The van der Waals surface area contributed by atoms with Crippen LogP contribution in [-0.4, -0.2) is 21.0 Å². The highest BCUT2D eigenvalue weighted by atomic mass is 32.2. The third-order valence-corrected chi connectivity index (χ3v) is 3.57. The fourth-order valence-corrected chi connectivity index (χ4v) is 2.46. The fraction of sp³-hybridized carbons (Fsp3) is 0.857. The van der Waals surface area contributed by atoms with Crippen LogP contribution in [0.2, 0.25) is 0 Å². The molecule has 0 bridgehead atoms. The number of ketones is 1. The molecule has 0 aromatic rings. The van der Waals surface area contributed by atoms with Gasteiger partial charge in [0.1, 0.15) is 5.78 Å².